The van der Waals surface area contributed by atoms with Crippen molar-refractivity contribution in [3.63, 3.8) is 0 Å². The van der Waals surface area contributed by atoms with E-state index in [1.807, 2.05) is 0 Å². The van der Waals surface area contributed by atoms with Gasteiger partial charge in [0.2, 0.25) is 15.0 Å². The predicted octanol–water partition coefficient (Wildman–Crippen LogP) is 0.597. The van der Waals surface area contributed by atoms with Crippen molar-refractivity contribution >= 4 is 15.9 Å². The van der Waals surface area contributed by atoms with Gasteiger partial charge in [-0.3, -0.25) is 4.90 Å². The molecule has 1 fully saturated rings. The van der Waals surface area contributed by atoms with Gasteiger partial charge in [0, 0.05) is 46.4 Å². The molecular weight excluding hydrogens is 360 g/mol. The first-order valence-electron chi connectivity index (χ1n) is 8.83. The van der Waals surface area contributed by atoms with Crippen LogP contribution in [-0.2, 0) is 32.4 Å². The molecule has 1 saturated heterocycles. The molecule has 2 rings (SSSR count). The van der Waals surface area contributed by atoms with Crippen LogP contribution in [0.5, 0.6) is 0 Å². The highest BCUT2D eigenvalue weighted by molar-refractivity contribution is 7.91. The van der Waals surface area contributed by atoms with E-state index in [4.69, 9.17) is 9.47 Å². The average molecular weight is 388 g/mol. The molecule has 148 valence electrons. The van der Waals surface area contributed by atoms with Gasteiger partial charge in [-0.05, 0) is 6.92 Å². The summed E-state index contributed by atoms with van der Waals surface area (Å²) in [7, 11) is -1.81. The Morgan fingerprint density at radius 1 is 1.23 bits per heavy atom. The van der Waals surface area contributed by atoms with E-state index in [1.165, 1.54) is 0 Å². The first kappa shape index (κ1) is 20.7. The molecule has 9 nitrogen and oxygen atoms in total. The zero-order chi connectivity index (χ0) is 19.2. The molecule has 1 aliphatic rings. The second-order valence-electron chi connectivity index (χ2n) is 6.04. The summed E-state index contributed by atoms with van der Waals surface area (Å²) in [5.74, 6) is 0.00858. The molecule has 0 bridgehead atoms. The third kappa shape index (κ3) is 4.95. The van der Waals surface area contributed by atoms with Gasteiger partial charge in [0.15, 0.2) is 0 Å². The Morgan fingerprint density at radius 3 is 2.50 bits per heavy atom. The molecule has 1 aliphatic heterocycles. The van der Waals surface area contributed by atoms with Gasteiger partial charge in [-0.2, -0.15) is 0 Å². The molecule has 1 aromatic rings. The molecule has 0 N–H and O–H groups in total. The number of aromatic nitrogens is 2. The van der Waals surface area contributed by atoms with Crippen LogP contribution in [0, 0.1) is 0 Å². The minimum atomic E-state index is -3.40. The summed E-state index contributed by atoms with van der Waals surface area (Å²) in [5, 5.41) is 0.0946. The largest absolute Gasteiger partial charge is 0.450 e. The van der Waals surface area contributed by atoms with Gasteiger partial charge >= 0.3 is 6.09 Å². The van der Waals surface area contributed by atoms with E-state index in [0.29, 0.717) is 52.5 Å². The van der Waals surface area contributed by atoms with Gasteiger partial charge in [0.05, 0.1) is 30.9 Å². The summed E-state index contributed by atoms with van der Waals surface area (Å²) in [4.78, 5) is 19.8. The number of rotatable bonds is 8. The topological polar surface area (TPSA) is 94.0 Å². The monoisotopic (exact) mass is 388 g/mol. The molecule has 0 aliphatic carbocycles. The number of carbonyl (C=O) groups excluding carboxylic acids is 1. The Morgan fingerprint density at radius 2 is 1.92 bits per heavy atom. The van der Waals surface area contributed by atoms with Crippen LogP contribution in [0.1, 0.15) is 19.5 Å². The lowest BCUT2D eigenvalue weighted by Crippen LogP contribution is -2.48. The van der Waals surface area contributed by atoms with Gasteiger partial charge < -0.3 is 18.9 Å². The second-order valence-corrected chi connectivity index (χ2v) is 8.21. The number of methoxy groups -OCH3 is 1. The molecule has 0 unspecified atom stereocenters. The highest BCUT2D eigenvalue weighted by Crippen LogP contribution is 2.16. The van der Waals surface area contributed by atoms with E-state index in [9.17, 15) is 13.2 Å². The quantitative estimate of drug-likeness (QED) is 0.643. The third-order valence-electron chi connectivity index (χ3n) is 4.36. The van der Waals surface area contributed by atoms with Crippen LogP contribution in [0.2, 0.25) is 0 Å². The Labute approximate surface area is 154 Å². The van der Waals surface area contributed by atoms with Crippen LogP contribution in [0.3, 0.4) is 0 Å². The number of hydrogen-bond donors (Lipinski definition) is 0. The van der Waals surface area contributed by atoms with Gasteiger partial charge in [-0.25, -0.2) is 18.2 Å². The molecule has 0 saturated carbocycles. The first-order valence-corrected chi connectivity index (χ1v) is 10.5. The maximum Gasteiger partial charge on any atom is 0.409 e. The van der Waals surface area contributed by atoms with E-state index in [-0.39, 0.29) is 17.0 Å². The summed E-state index contributed by atoms with van der Waals surface area (Å²) >= 11 is 0. The van der Waals surface area contributed by atoms with Crippen molar-refractivity contribution in [2.45, 2.75) is 32.1 Å². The molecule has 0 aromatic carbocycles. The lowest BCUT2D eigenvalue weighted by molar-refractivity contribution is 0.0769. The molecule has 0 radical (unpaired) electrons. The Kier molecular flexibility index (Phi) is 7.42. The minimum Gasteiger partial charge on any atom is -0.450 e. The Bertz CT molecular complexity index is 695. The Hall–Kier alpha value is -1.65. The number of nitrogens with zero attached hydrogens (tertiary/aromatic N) is 4. The molecule has 0 spiro atoms. The molecular formula is C16H28N4O5S. The van der Waals surface area contributed by atoms with Crippen LogP contribution in [-0.4, -0.2) is 86.1 Å². The highest BCUT2D eigenvalue weighted by atomic mass is 32.2. The molecule has 26 heavy (non-hydrogen) atoms. The second kappa shape index (κ2) is 9.33. The smallest absolute Gasteiger partial charge is 0.409 e. The van der Waals surface area contributed by atoms with Crippen molar-refractivity contribution in [1.29, 1.82) is 0 Å². The maximum atomic E-state index is 12.3. The summed E-state index contributed by atoms with van der Waals surface area (Å²) in [6.45, 7) is 7.76. The van der Waals surface area contributed by atoms with E-state index < -0.39 is 9.84 Å². The fraction of sp³-hybridized carbons (Fsp3) is 0.750. The molecule has 1 aromatic heterocycles. The van der Waals surface area contributed by atoms with E-state index in [2.05, 4.69) is 9.88 Å². The summed E-state index contributed by atoms with van der Waals surface area (Å²) in [6, 6.07) is 0. The molecule has 2 heterocycles. The van der Waals surface area contributed by atoms with Gasteiger partial charge in [-0.15, -0.1) is 0 Å². The third-order valence-corrected chi connectivity index (χ3v) is 6.00. The SMILES string of the molecule is CCOC(=O)N1CCN(Cc2cnc(S(=O)(=O)CC)n2CCOC)CC1. The van der Waals surface area contributed by atoms with Gasteiger partial charge in [-0.1, -0.05) is 6.92 Å². The van der Waals surface area contributed by atoms with Gasteiger partial charge in [0.25, 0.3) is 0 Å². The fourth-order valence-corrected chi connectivity index (χ4v) is 3.87. The standard InChI is InChI=1S/C16H28N4O5S/c1-4-25-16(21)19-8-6-18(7-9-19)13-14-12-17-15(26(22,23)5-2)20(14)10-11-24-3/h12H,4-11,13H2,1-3H3. The van der Waals surface area contributed by atoms with Crippen molar-refractivity contribution in [2.24, 2.45) is 0 Å². The van der Waals surface area contributed by atoms with Crippen molar-refractivity contribution in [2.75, 3.05) is 52.3 Å². The first-order chi connectivity index (χ1) is 12.4. The fourth-order valence-electron chi connectivity index (χ4n) is 2.85. The average Bonchev–Trinajstić information content (AvgIpc) is 3.04. The lowest BCUT2D eigenvalue weighted by Gasteiger charge is -2.34. The van der Waals surface area contributed by atoms with Gasteiger partial charge in [0.1, 0.15) is 0 Å². The zero-order valence-corrected chi connectivity index (χ0v) is 16.5. The minimum absolute atomic E-state index is 0.00858. The van der Waals surface area contributed by atoms with Crippen LogP contribution < -0.4 is 0 Å². The summed E-state index contributed by atoms with van der Waals surface area (Å²) in [5.41, 5.74) is 0.832. The van der Waals surface area contributed by atoms with Crippen LogP contribution in [0.4, 0.5) is 4.79 Å². The summed E-state index contributed by atoms with van der Waals surface area (Å²) < 4.78 is 36.4. The summed E-state index contributed by atoms with van der Waals surface area (Å²) in [6.07, 6.45) is 1.34. The maximum absolute atomic E-state index is 12.3. The number of imidazole rings is 1. The van der Waals surface area contributed by atoms with Crippen LogP contribution in [0.15, 0.2) is 11.4 Å². The van der Waals surface area contributed by atoms with Crippen molar-refractivity contribution in [3.05, 3.63) is 11.9 Å². The van der Waals surface area contributed by atoms with E-state index >= 15 is 0 Å². The molecule has 0 atom stereocenters. The number of ether oxygens (including phenoxy) is 2. The predicted molar refractivity (Wildman–Crippen MR) is 95.7 cm³/mol. The lowest BCUT2D eigenvalue weighted by atomic mass is 10.3. The zero-order valence-electron chi connectivity index (χ0n) is 15.7. The van der Waals surface area contributed by atoms with Crippen molar-refractivity contribution < 1.29 is 22.7 Å². The highest BCUT2D eigenvalue weighted by Gasteiger charge is 2.25. The van der Waals surface area contributed by atoms with Crippen LogP contribution >= 0.6 is 0 Å². The number of hydrogen-bond acceptors (Lipinski definition) is 7. The van der Waals surface area contributed by atoms with Crippen LogP contribution in [0.25, 0.3) is 0 Å². The van der Waals surface area contributed by atoms with Crippen molar-refractivity contribution in [3.8, 4) is 0 Å². The molecule has 1 amide bonds. The molecule has 10 heteroatoms. The number of piperazine rings is 1. The number of sulfone groups is 1. The number of carbonyl (C=O) groups is 1. The number of amides is 1. The Balaban J connectivity index is 2.07. The van der Waals surface area contributed by atoms with E-state index in [1.54, 1.807) is 36.6 Å². The van der Waals surface area contributed by atoms with E-state index in [0.717, 1.165) is 5.69 Å². The van der Waals surface area contributed by atoms with Crippen molar-refractivity contribution in [1.82, 2.24) is 19.4 Å². The normalized spacial score (nSPS) is 16.0.